The van der Waals surface area contributed by atoms with Gasteiger partial charge in [-0.05, 0) is 25.0 Å². The molecule has 26 heavy (non-hydrogen) atoms. The Morgan fingerprint density at radius 3 is 2.31 bits per heavy atom. The lowest BCUT2D eigenvalue weighted by atomic mass is 9.89. The molecule has 0 spiro atoms. The molecule has 2 aromatic rings. The van der Waals surface area contributed by atoms with Crippen molar-refractivity contribution in [3.8, 4) is 0 Å². The van der Waals surface area contributed by atoms with Crippen molar-refractivity contribution in [1.29, 1.82) is 0 Å². The Hall–Kier alpha value is -2.21. The Bertz CT molecular complexity index is 762. The number of rotatable bonds is 4. The van der Waals surface area contributed by atoms with Gasteiger partial charge in [-0.3, -0.25) is 0 Å². The molecule has 2 saturated heterocycles. The zero-order chi connectivity index (χ0) is 18.1. The van der Waals surface area contributed by atoms with Crippen LogP contribution in [0.2, 0.25) is 0 Å². The van der Waals surface area contributed by atoms with Gasteiger partial charge in [0.1, 0.15) is 12.0 Å². The standard InChI is InChI=1S/C21H23NO4/c1-21(2)24-14-17(25-21)19-18(16-11-7-4-8-12-16)20(23)26-22(19)13-15-9-5-3-6-10-15/h3-12,17-19H,13-14H2,1-2H3/t17-,18+,19+/m1/s1. The maximum absolute atomic E-state index is 12.7. The van der Waals surface area contributed by atoms with Crippen molar-refractivity contribution in [2.24, 2.45) is 0 Å². The minimum atomic E-state index is -0.657. The quantitative estimate of drug-likeness (QED) is 0.844. The van der Waals surface area contributed by atoms with Crippen molar-refractivity contribution in [3.05, 3.63) is 71.8 Å². The first-order chi connectivity index (χ1) is 12.5. The van der Waals surface area contributed by atoms with Gasteiger partial charge in [-0.2, -0.15) is 0 Å². The molecular formula is C21H23NO4. The second kappa shape index (κ2) is 6.83. The normalized spacial score (nSPS) is 28.2. The Morgan fingerprint density at radius 2 is 1.69 bits per heavy atom. The van der Waals surface area contributed by atoms with Crippen LogP contribution >= 0.6 is 0 Å². The van der Waals surface area contributed by atoms with Gasteiger partial charge in [-0.15, -0.1) is 5.06 Å². The summed E-state index contributed by atoms with van der Waals surface area (Å²) < 4.78 is 11.9. The zero-order valence-corrected chi connectivity index (χ0v) is 15.0. The van der Waals surface area contributed by atoms with Gasteiger partial charge in [0, 0.05) is 0 Å². The van der Waals surface area contributed by atoms with Gasteiger partial charge in [0.25, 0.3) is 0 Å². The summed E-state index contributed by atoms with van der Waals surface area (Å²) in [5, 5.41) is 1.75. The molecule has 4 rings (SSSR count). The number of hydrogen-bond donors (Lipinski definition) is 0. The maximum atomic E-state index is 12.7. The van der Waals surface area contributed by atoms with Crippen molar-refractivity contribution in [2.45, 2.75) is 44.2 Å². The summed E-state index contributed by atoms with van der Waals surface area (Å²) >= 11 is 0. The Labute approximate surface area is 153 Å². The average Bonchev–Trinajstić information content (AvgIpc) is 3.15. The highest BCUT2D eigenvalue weighted by Crippen LogP contribution is 2.39. The fourth-order valence-electron chi connectivity index (χ4n) is 3.72. The third kappa shape index (κ3) is 3.38. The largest absolute Gasteiger partial charge is 0.366 e. The van der Waals surface area contributed by atoms with Crippen LogP contribution in [0.15, 0.2) is 60.7 Å². The number of carbonyl (C=O) groups excluding carboxylic acids is 1. The molecule has 0 bridgehead atoms. The van der Waals surface area contributed by atoms with Crippen LogP contribution < -0.4 is 0 Å². The summed E-state index contributed by atoms with van der Waals surface area (Å²) in [6.07, 6.45) is -0.245. The summed E-state index contributed by atoms with van der Waals surface area (Å²) in [4.78, 5) is 18.4. The topological polar surface area (TPSA) is 48.0 Å². The highest BCUT2D eigenvalue weighted by molar-refractivity contribution is 5.80. The number of hydroxylamine groups is 2. The number of hydrogen-bond acceptors (Lipinski definition) is 5. The Balaban J connectivity index is 1.66. The monoisotopic (exact) mass is 353 g/mol. The SMILES string of the molecule is CC1(C)OC[C@H]([C@H]2[C@H](c3ccccc3)C(=O)ON2Cc2ccccc2)O1. The molecular weight excluding hydrogens is 330 g/mol. The van der Waals surface area contributed by atoms with Crippen LogP contribution in [0.1, 0.15) is 30.9 Å². The first kappa shape index (κ1) is 17.2. The molecule has 0 unspecified atom stereocenters. The van der Waals surface area contributed by atoms with Crippen molar-refractivity contribution >= 4 is 5.97 Å². The third-order valence-corrected chi connectivity index (χ3v) is 4.89. The second-order valence-corrected chi connectivity index (χ2v) is 7.22. The Kier molecular flexibility index (Phi) is 4.53. The van der Waals surface area contributed by atoms with E-state index >= 15 is 0 Å². The van der Waals surface area contributed by atoms with Crippen molar-refractivity contribution in [1.82, 2.24) is 5.06 Å². The molecule has 5 nitrogen and oxygen atoms in total. The van der Waals surface area contributed by atoms with Crippen LogP contribution in [0.25, 0.3) is 0 Å². The van der Waals surface area contributed by atoms with Crippen LogP contribution in [0.5, 0.6) is 0 Å². The van der Waals surface area contributed by atoms with E-state index in [0.717, 1.165) is 11.1 Å². The molecule has 2 aliphatic rings. The molecule has 2 aromatic carbocycles. The fraction of sp³-hybridized carbons (Fsp3) is 0.381. The summed E-state index contributed by atoms with van der Waals surface area (Å²) in [5.74, 6) is -1.30. The van der Waals surface area contributed by atoms with Gasteiger partial charge in [0.2, 0.25) is 0 Å². The summed E-state index contributed by atoms with van der Waals surface area (Å²) in [7, 11) is 0. The summed E-state index contributed by atoms with van der Waals surface area (Å²) in [5.41, 5.74) is 2.02. The van der Waals surface area contributed by atoms with E-state index < -0.39 is 11.7 Å². The van der Waals surface area contributed by atoms with E-state index in [1.54, 1.807) is 5.06 Å². The lowest BCUT2D eigenvalue weighted by Crippen LogP contribution is -2.43. The lowest BCUT2D eigenvalue weighted by Gasteiger charge is -2.28. The van der Waals surface area contributed by atoms with Gasteiger partial charge in [0.05, 0.1) is 19.2 Å². The number of benzene rings is 2. The molecule has 3 atom stereocenters. The molecule has 0 radical (unpaired) electrons. The Morgan fingerprint density at radius 1 is 1.04 bits per heavy atom. The van der Waals surface area contributed by atoms with Crippen LogP contribution in [0.3, 0.4) is 0 Å². The molecule has 0 aliphatic carbocycles. The van der Waals surface area contributed by atoms with E-state index in [1.165, 1.54) is 0 Å². The molecule has 0 amide bonds. The van der Waals surface area contributed by atoms with Crippen LogP contribution in [0.4, 0.5) is 0 Å². The van der Waals surface area contributed by atoms with E-state index in [2.05, 4.69) is 0 Å². The minimum absolute atomic E-state index is 0.244. The fourth-order valence-corrected chi connectivity index (χ4v) is 3.72. The predicted molar refractivity (Wildman–Crippen MR) is 96.0 cm³/mol. The first-order valence-corrected chi connectivity index (χ1v) is 8.93. The van der Waals surface area contributed by atoms with E-state index in [1.807, 2.05) is 74.5 Å². The lowest BCUT2D eigenvalue weighted by molar-refractivity contribution is -0.191. The van der Waals surface area contributed by atoms with Gasteiger partial charge in [0.15, 0.2) is 5.79 Å². The van der Waals surface area contributed by atoms with Gasteiger partial charge in [-0.25, -0.2) is 4.79 Å². The molecule has 136 valence electrons. The van der Waals surface area contributed by atoms with E-state index in [4.69, 9.17) is 14.3 Å². The third-order valence-electron chi connectivity index (χ3n) is 4.89. The average molecular weight is 353 g/mol. The van der Waals surface area contributed by atoms with Crippen LogP contribution in [-0.4, -0.2) is 35.6 Å². The molecule has 0 saturated carbocycles. The van der Waals surface area contributed by atoms with E-state index in [0.29, 0.717) is 13.2 Å². The highest BCUT2D eigenvalue weighted by Gasteiger charge is 2.52. The summed E-state index contributed by atoms with van der Waals surface area (Å²) in [6.45, 7) is 4.73. The smallest absolute Gasteiger partial charge is 0.334 e. The predicted octanol–water partition coefficient (Wildman–Crippen LogP) is 3.26. The number of ether oxygens (including phenoxy) is 2. The van der Waals surface area contributed by atoms with Crippen molar-refractivity contribution in [3.63, 3.8) is 0 Å². The second-order valence-electron chi connectivity index (χ2n) is 7.22. The van der Waals surface area contributed by atoms with E-state index in [-0.39, 0.29) is 18.1 Å². The van der Waals surface area contributed by atoms with Crippen molar-refractivity contribution in [2.75, 3.05) is 6.61 Å². The minimum Gasteiger partial charge on any atom is -0.366 e. The summed E-state index contributed by atoms with van der Waals surface area (Å²) in [6, 6.07) is 19.5. The molecule has 0 aromatic heterocycles. The maximum Gasteiger partial charge on any atom is 0.334 e. The van der Waals surface area contributed by atoms with Gasteiger partial charge in [-0.1, -0.05) is 60.7 Å². The van der Waals surface area contributed by atoms with Crippen molar-refractivity contribution < 1.29 is 19.1 Å². The van der Waals surface area contributed by atoms with E-state index in [9.17, 15) is 4.79 Å². The molecule has 2 fully saturated rings. The van der Waals surface area contributed by atoms with Gasteiger partial charge < -0.3 is 14.3 Å². The number of nitrogens with zero attached hydrogens (tertiary/aromatic N) is 1. The zero-order valence-electron chi connectivity index (χ0n) is 15.0. The molecule has 2 heterocycles. The van der Waals surface area contributed by atoms with Crippen LogP contribution in [0, 0.1) is 0 Å². The molecule has 2 aliphatic heterocycles. The number of carbonyl (C=O) groups is 1. The van der Waals surface area contributed by atoms with Gasteiger partial charge >= 0.3 is 5.97 Å². The molecule has 5 heteroatoms. The van der Waals surface area contributed by atoms with Crippen LogP contribution in [-0.2, 0) is 25.7 Å². The first-order valence-electron chi connectivity index (χ1n) is 8.93. The molecule has 0 N–H and O–H groups in total. The highest BCUT2D eigenvalue weighted by atomic mass is 16.8.